The van der Waals surface area contributed by atoms with Crippen LogP contribution in [0.15, 0.2) is 48.5 Å². The lowest BCUT2D eigenvalue weighted by Crippen LogP contribution is -2.44. The molecule has 6 nitrogen and oxygen atoms in total. The second-order valence-corrected chi connectivity index (χ2v) is 8.63. The standard InChI is InChI=1S/C25H31N3O3/c1-18-3-7-20(8-4-18)23(17-27-11-13-31-14-12-27)26-25(30)21-15-24(29)28(16-21)22-9-5-19(2)6-10-22/h3-10,21,23H,11-17H2,1-2H3,(H,26,30)/t21-,23-/m0/s1. The van der Waals surface area contributed by atoms with E-state index in [0.717, 1.165) is 49.7 Å². The maximum atomic E-state index is 13.2. The number of nitrogens with zero attached hydrogens (tertiary/aromatic N) is 2. The molecule has 1 N–H and O–H groups in total. The zero-order valence-corrected chi connectivity index (χ0v) is 18.3. The minimum absolute atomic E-state index is 0.00377. The van der Waals surface area contributed by atoms with Gasteiger partial charge < -0.3 is 15.0 Å². The maximum absolute atomic E-state index is 13.2. The summed E-state index contributed by atoms with van der Waals surface area (Å²) in [6.45, 7) is 8.40. The number of morpholine rings is 1. The Morgan fingerprint density at radius 2 is 1.65 bits per heavy atom. The van der Waals surface area contributed by atoms with Crippen LogP contribution in [0.3, 0.4) is 0 Å². The Labute approximate surface area is 184 Å². The Bertz CT molecular complexity index is 905. The lowest BCUT2D eigenvalue weighted by molar-refractivity contribution is -0.127. The summed E-state index contributed by atoms with van der Waals surface area (Å²) in [7, 11) is 0. The van der Waals surface area contributed by atoms with Gasteiger partial charge in [-0.15, -0.1) is 0 Å². The van der Waals surface area contributed by atoms with Crippen LogP contribution in [0.2, 0.25) is 0 Å². The van der Waals surface area contributed by atoms with E-state index in [1.807, 2.05) is 31.2 Å². The van der Waals surface area contributed by atoms with Gasteiger partial charge in [-0.3, -0.25) is 14.5 Å². The fourth-order valence-corrected chi connectivity index (χ4v) is 4.22. The zero-order valence-electron chi connectivity index (χ0n) is 18.3. The van der Waals surface area contributed by atoms with E-state index in [2.05, 4.69) is 41.4 Å². The summed E-state index contributed by atoms with van der Waals surface area (Å²) in [5.41, 5.74) is 4.28. The third-order valence-corrected chi connectivity index (χ3v) is 6.18. The zero-order chi connectivity index (χ0) is 21.8. The Hall–Kier alpha value is -2.70. The fourth-order valence-electron chi connectivity index (χ4n) is 4.22. The van der Waals surface area contributed by atoms with Crippen molar-refractivity contribution in [3.8, 4) is 0 Å². The van der Waals surface area contributed by atoms with E-state index in [9.17, 15) is 9.59 Å². The van der Waals surface area contributed by atoms with Gasteiger partial charge in [0.05, 0.1) is 25.2 Å². The van der Waals surface area contributed by atoms with E-state index >= 15 is 0 Å². The van der Waals surface area contributed by atoms with Crippen molar-refractivity contribution in [3.05, 3.63) is 65.2 Å². The molecule has 0 saturated carbocycles. The number of carbonyl (C=O) groups excluding carboxylic acids is 2. The quantitative estimate of drug-likeness (QED) is 0.779. The van der Waals surface area contributed by atoms with Gasteiger partial charge in [-0.25, -0.2) is 0 Å². The summed E-state index contributed by atoms with van der Waals surface area (Å²) in [6.07, 6.45) is 0.248. The van der Waals surface area contributed by atoms with Crippen LogP contribution in [0, 0.1) is 19.8 Å². The van der Waals surface area contributed by atoms with E-state index in [4.69, 9.17) is 4.74 Å². The van der Waals surface area contributed by atoms with Gasteiger partial charge in [-0.2, -0.15) is 0 Å². The highest BCUT2D eigenvalue weighted by Crippen LogP contribution is 2.26. The molecule has 2 atom stereocenters. The molecule has 2 saturated heterocycles. The molecule has 4 rings (SSSR count). The summed E-state index contributed by atoms with van der Waals surface area (Å²) < 4.78 is 5.47. The Balaban J connectivity index is 1.45. The van der Waals surface area contributed by atoms with Crippen molar-refractivity contribution >= 4 is 17.5 Å². The maximum Gasteiger partial charge on any atom is 0.227 e. The molecule has 2 aliphatic rings. The van der Waals surface area contributed by atoms with Crippen molar-refractivity contribution in [3.63, 3.8) is 0 Å². The average Bonchev–Trinajstić information content (AvgIpc) is 3.17. The Morgan fingerprint density at radius 3 is 2.29 bits per heavy atom. The van der Waals surface area contributed by atoms with Gasteiger partial charge in [0, 0.05) is 38.3 Å². The minimum Gasteiger partial charge on any atom is -0.379 e. The predicted octanol–water partition coefficient (Wildman–Crippen LogP) is 2.85. The number of hydrogen-bond acceptors (Lipinski definition) is 4. The molecule has 2 fully saturated rings. The van der Waals surface area contributed by atoms with Gasteiger partial charge in [0.2, 0.25) is 11.8 Å². The van der Waals surface area contributed by atoms with Gasteiger partial charge in [-0.05, 0) is 31.5 Å². The first-order valence-corrected chi connectivity index (χ1v) is 11.0. The largest absolute Gasteiger partial charge is 0.379 e. The molecule has 0 radical (unpaired) electrons. The van der Waals surface area contributed by atoms with E-state index in [1.54, 1.807) is 4.90 Å². The highest BCUT2D eigenvalue weighted by molar-refractivity contribution is 6.00. The van der Waals surface area contributed by atoms with Crippen LogP contribution in [0.25, 0.3) is 0 Å². The van der Waals surface area contributed by atoms with Gasteiger partial charge in [0.15, 0.2) is 0 Å². The van der Waals surface area contributed by atoms with Crippen molar-refractivity contribution in [2.75, 3.05) is 44.3 Å². The predicted molar refractivity (Wildman–Crippen MR) is 121 cm³/mol. The third kappa shape index (κ3) is 5.32. The van der Waals surface area contributed by atoms with Crippen molar-refractivity contribution in [1.82, 2.24) is 10.2 Å². The third-order valence-electron chi connectivity index (χ3n) is 6.18. The number of carbonyl (C=O) groups is 2. The summed E-state index contributed by atoms with van der Waals surface area (Å²) in [5.74, 6) is -0.391. The SMILES string of the molecule is Cc1ccc([C@H](CN2CCOCC2)NC(=O)[C@H]2CC(=O)N(c3ccc(C)cc3)C2)cc1. The second kappa shape index (κ2) is 9.62. The van der Waals surface area contributed by atoms with Gasteiger partial charge >= 0.3 is 0 Å². The number of ether oxygens (including phenoxy) is 1. The summed E-state index contributed by atoms with van der Waals surface area (Å²) in [6, 6.07) is 16.1. The summed E-state index contributed by atoms with van der Waals surface area (Å²) in [5, 5.41) is 3.24. The van der Waals surface area contributed by atoms with Crippen molar-refractivity contribution in [2.24, 2.45) is 5.92 Å². The number of aryl methyl sites for hydroxylation is 2. The van der Waals surface area contributed by atoms with E-state index in [0.29, 0.717) is 6.54 Å². The molecule has 0 unspecified atom stereocenters. The molecular formula is C25H31N3O3. The molecule has 0 bridgehead atoms. The Kier molecular flexibility index (Phi) is 6.68. The van der Waals surface area contributed by atoms with Crippen molar-refractivity contribution in [1.29, 1.82) is 0 Å². The number of benzene rings is 2. The van der Waals surface area contributed by atoms with E-state index in [-0.39, 0.29) is 30.2 Å². The molecule has 2 aromatic carbocycles. The number of nitrogens with one attached hydrogen (secondary N) is 1. The molecule has 0 aliphatic carbocycles. The van der Waals surface area contributed by atoms with Gasteiger partial charge in [0.25, 0.3) is 0 Å². The summed E-state index contributed by atoms with van der Waals surface area (Å²) >= 11 is 0. The lowest BCUT2D eigenvalue weighted by atomic mass is 10.0. The molecule has 164 valence electrons. The number of amides is 2. The van der Waals surface area contributed by atoms with Crippen LogP contribution in [0.1, 0.15) is 29.2 Å². The van der Waals surface area contributed by atoms with Crippen LogP contribution in [-0.2, 0) is 14.3 Å². The second-order valence-electron chi connectivity index (χ2n) is 8.63. The molecule has 2 aliphatic heterocycles. The van der Waals surface area contributed by atoms with Crippen LogP contribution < -0.4 is 10.2 Å². The minimum atomic E-state index is -0.341. The van der Waals surface area contributed by atoms with E-state index < -0.39 is 0 Å². The lowest BCUT2D eigenvalue weighted by Gasteiger charge is -2.31. The highest BCUT2D eigenvalue weighted by Gasteiger charge is 2.36. The van der Waals surface area contributed by atoms with Crippen LogP contribution in [0.5, 0.6) is 0 Å². The van der Waals surface area contributed by atoms with Crippen molar-refractivity contribution < 1.29 is 14.3 Å². The van der Waals surface area contributed by atoms with E-state index in [1.165, 1.54) is 5.56 Å². The molecule has 6 heteroatoms. The highest BCUT2D eigenvalue weighted by atomic mass is 16.5. The smallest absolute Gasteiger partial charge is 0.227 e. The first-order chi connectivity index (χ1) is 15.0. The average molecular weight is 422 g/mol. The molecule has 0 spiro atoms. The monoisotopic (exact) mass is 421 g/mol. The molecule has 0 aromatic heterocycles. The van der Waals surface area contributed by atoms with Gasteiger partial charge in [0.1, 0.15) is 0 Å². The fraction of sp³-hybridized carbons (Fsp3) is 0.440. The first kappa shape index (κ1) is 21.5. The molecule has 31 heavy (non-hydrogen) atoms. The van der Waals surface area contributed by atoms with Crippen LogP contribution >= 0.6 is 0 Å². The number of anilines is 1. The van der Waals surface area contributed by atoms with Crippen molar-refractivity contribution in [2.45, 2.75) is 26.3 Å². The molecule has 2 amide bonds. The topological polar surface area (TPSA) is 61.9 Å². The van der Waals surface area contributed by atoms with Crippen LogP contribution in [0.4, 0.5) is 5.69 Å². The van der Waals surface area contributed by atoms with Gasteiger partial charge in [-0.1, -0.05) is 47.5 Å². The molecular weight excluding hydrogens is 390 g/mol. The van der Waals surface area contributed by atoms with Crippen LogP contribution in [-0.4, -0.2) is 56.1 Å². The molecule has 2 heterocycles. The molecule has 2 aromatic rings. The normalized spacial score (nSPS) is 20.6. The number of hydrogen-bond donors (Lipinski definition) is 1. The first-order valence-electron chi connectivity index (χ1n) is 11.0. The number of rotatable bonds is 6. The Morgan fingerprint density at radius 1 is 1.03 bits per heavy atom. The summed E-state index contributed by atoms with van der Waals surface area (Å²) in [4.78, 5) is 29.8.